The van der Waals surface area contributed by atoms with Gasteiger partial charge in [-0.1, -0.05) is 11.2 Å². The van der Waals surface area contributed by atoms with Crippen LogP contribution < -0.4 is 16.4 Å². The molecule has 14 heteroatoms. The molecule has 37 heavy (non-hydrogen) atoms. The third kappa shape index (κ3) is 4.43. The Morgan fingerprint density at radius 3 is 2.70 bits per heavy atom. The first-order valence-corrected chi connectivity index (χ1v) is 11.1. The summed E-state index contributed by atoms with van der Waals surface area (Å²) in [5.41, 5.74) is 5.17. The van der Waals surface area contributed by atoms with Gasteiger partial charge in [-0.15, -0.1) is 0 Å². The van der Waals surface area contributed by atoms with Crippen LogP contribution in [-0.2, 0) is 16.7 Å². The Morgan fingerprint density at radius 2 is 2.03 bits per heavy atom. The molecule has 3 heterocycles. The van der Waals surface area contributed by atoms with E-state index in [1.807, 2.05) is 4.57 Å². The summed E-state index contributed by atoms with van der Waals surface area (Å²) in [5.74, 6) is -0.824. The summed E-state index contributed by atoms with van der Waals surface area (Å²) >= 11 is 0. The molecular formula is C23H21F4N7O3. The number of anilines is 3. The fourth-order valence-electron chi connectivity index (χ4n) is 4.15. The highest BCUT2D eigenvalue weighted by atomic mass is 19.4. The molecule has 4 aromatic rings. The second kappa shape index (κ2) is 9.03. The van der Waals surface area contributed by atoms with Crippen LogP contribution in [0, 0.1) is 5.82 Å². The zero-order chi connectivity index (χ0) is 26.4. The number of nitrogens with two attached hydrogens (primary N) is 1. The monoisotopic (exact) mass is 519 g/mol. The molecule has 0 atom stereocenters. The van der Waals surface area contributed by atoms with Gasteiger partial charge in [0.1, 0.15) is 34.7 Å². The fourth-order valence-corrected chi connectivity index (χ4v) is 4.15. The van der Waals surface area contributed by atoms with Crippen molar-refractivity contribution in [1.82, 2.24) is 19.7 Å². The standard InChI is InChI=1S/C23H21F4N7O3/c1-36-7-6-34-10-13(18-19(28)29-11-30-20(18)34)12-2-3-15(14(24)8-12)31-21(35)32-17-9-16(33-37-17)22(4-5-22)23(25,26)27/h2-3,8-11H,4-7H2,1H3,(H2,28,29,30)(H2,31,32,35). The largest absolute Gasteiger partial charge is 0.400 e. The van der Waals surface area contributed by atoms with Crippen LogP contribution >= 0.6 is 0 Å². The summed E-state index contributed by atoms with van der Waals surface area (Å²) in [4.78, 5) is 20.6. The van der Waals surface area contributed by atoms with Crippen LogP contribution in [0.4, 0.5) is 39.7 Å². The molecule has 4 N–H and O–H groups in total. The third-order valence-electron chi connectivity index (χ3n) is 6.28. The molecule has 1 fully saturated rings. The molecule has 194 valence electrons. The van der Waals surface area contributed by atoms with E-state index in [1.54, 1.807) is 19.4 Å². The van der Waals surface area contributed by atoms with Crippen molar-refractivity contribution < 1.29 is 31.6 Å². The predicted molar refractivity (Wildman–Crippen MR) is 125 cm³/mol. The highest BCUT2D eigenvalue weighted by molar-refractivity contribution is 6.02. The molecule has 1 aliphatic rings. The summed E-state index contributed by atoms with van der Waals surface area (Å²) < 4.78 is 66.5. The second-order valence-corrected chi connectivity index (χ2v) is 8.62. The Balaban J connectivity index is 1.33. The van der Waals surface area contributed by atoms with E-state index in [0.29, 0.717) is 35.3 Å². The van der Waals surface area contributed by atoms with Crippen LogP contribution in [0.1, 0.15) is 18.5 Å². The van der Waals surface area contributed by atoms with Crippen molar-refractivity contribution in [3.8, 4) is 11.1 Å². The average molecular weight is 519 g/mol. The maximum atomic E-state index is 15.0. The maximum Gasteiger partial charge on any atom is 0.400 e. The van der Waals surface area contributed by atoms with E-state index < -0.39 is 23.4 Å². The summed E-state index contributed by atoms with van der Waals surface area (Å²) in [5, 5.41) is 8.53. The summed E-state index contributed by atoms with van der Waals surface area (Å²) in [6.07, 6.45) is -1.58. The van der Waals surface area contributed by atoms with Gasteiger partial charge in [-0.2, -0.15) is 13.2 Å². The first-order valence-electron chi connectivity index (χ1n) is 11.1. The molecule has 0 aliphatic heterocycles. The van der Waals surface area contributed by atoms with Gasteiger partial charge in [0.2, 0.25) is 5.88 Å². The van der Waals surface area contributed by atoms with Crippen LogP contribution in [0.2, 0.25) is 0 Å². The fraction of sp³-hybridized carbons (Fsp3) is 0.304. The number of benzene rings is 1. The van der Waals surface area contributed by atoms with Gasteiger partial charge in [-0.25, -0.2) is 19.2 Å². The van der Waals surface area contributed by atoms with E-state index in [0.717, 1.165) is 6.07 Å². The van der Waals surface area contributed by atoms with Crippen molar-refractivity contribution in [3.63, 3.8) is 0 Å². The molecule has 3 aromatic heterocycles. The zero-order valence-electron chi connectivity index (χ0n) is 19.4. The molecule has 0 radical (unpaired) electrons. The minimum Gasteiger partial charge on any atom is -0.383 e. The minimum absolute atomic E-state index is 0.102. The smallest absolute Gasteiger partial charge is 0.383 e. The van der Waals surface area contributed by atoms with Crippen LogP contribution in [0.5, 0.6) is 0 Å². The molecular weight excluding hydrogens is 498 g/mol. The second-order valence-electron chi connectivity index (χ2n) is 8.62. The number of hydrogen-bond acceptors (Lipinski definition) is 7. The Morgan fingerprint density at radius 1 is 1.24 bits per heavy atom. The van der Waals surface area contributed by atoms with Crippen LogP contribution in [0.25, 0.3) is 22.2 Å². The van der Waals surface area contributed by atoms with Gasteiger partial charge in [-0.3, -0.25) is 5.32 Å². The number of aromatic nitrogens is 4. The van der Waals surface area contributed by atoms with Gasteiger partial charge in [0.15, 0.2) is 0 Å². The van der Waals surface area contributed by atoms with Crippen LogP contribution in [0.15, 0.2) is 41.3 Å². The van der Waals surface area contributed by atoms with Gasteiger partial charge < -0.3 is 24.9 Å². The van der Waals surface area contributed by atoms with Crippen LogP contribution in [0.3, 0.4) is 0 Å². The van der Waals surface area contributed by atoms with Crippen molar-refractivity contribution in [3.05, 3.63) is 48.3 Å². The number of methoxy groups -OCH3 is 1. The number of nitrogens with one attached hydrogen (secondary N) is 2. The van der Waals surface area contributed by atoms with Crippen molar-refractivity contribution in [2.24, 2.45) is 0 Å². The van der Waals surface area contributed by atoms with E-state index in [2.05, 4.69) is 25.8 Å². The minimum atomic E-state index is -4.47. The normalized spacial score (nSPS) is 14.6. The third-order valence-corrected chi connectivity index (χ3v) is 6.28. The number of alkyl halides is 3. The lowest BCUT2D eigenvalue weighted by Crippen LogP contribution is -2.28. The molecule has 10 nitrogen and oxygen atoms in total. The summed E-state index contributed by atoms with van der Waals surface area (Å²) in [6, 6.07) is 4.24. The van der Waals surface area contributed by atoms with E-state index >= 15 is 0 Å². The maximum absolute atomic E-state index is 15.0. The van der Waals surface area contributed by atoms with E-state index in [9.17, 15) is 22.4 Å². The lowest BCUT2D eigenvalue weighted by atomic mass is 10.0. The number of urea groups is 1. The number of ether oxygens (including phenoxy) is 1. The molecule has 1 aliphatic carbocycles. The number of fused-ring (bicyclic) bond motifs is 1. The molecule has 0 unspecified atom stereocenters. The first kappa shape index (κ1) is 24.5. The van der Waals surface area contributed by atoms with Crippen molar-refractivity contribution in [1.29, 1.82) is 0 Å². The predicted octanol–water partition coefficient (Wildman–Crippen LogP) is 4.69. The number of nitrogen functional groups attached to an aromatic ring is 1. The number of amides is 2. The quantitative estimate of drug-likeness (QED) is 0.302. The number of rotatable bonds is 7. The highest BCUT2D eigenvalue weighted by Crippen LogP contribution is 2.58. The Labute approximate surface area is 206 Å². The van der Waals surface area contributed by atoms with Gasteiger partial charge >= 0.3 is 12.2 Å². The lowest BCUT2D eigenvalue weighted by molar-refractivity contribution is -0.161. The number of hydrogen-bond donors (Lipinski definition) is 3. The molecule has 0 saturated heterocycles. The Hall–Kier alpha value is -4.20. The van der Waals surface area contributed by atoms with Gasteiger partial charge in [0.05, 0.1) is 17.7 Å². The topological polar surface area (TPSA) is 133 Å². The molecule has 0 spiro atoms. The van der Waals surface area contributed by atoms with Crippen molar-refractivity contribution in [2.45, 2.75) is 31.0 Å². The van der Waals surface area contributed by atoms with E-state index in [4.69, 9.17) is 15.0 Å². The van der Waals surface area contributed by atoms with Crippen molar-refractivity contribution in [2.75, 3.05) is 30.1 Å². The summed E-state index contributed by atoms with van der Waals surface area (Å²) in [7, 11) is 1.57. The van der Waals surface area contributed by atoms with Gasteiger partial charge in [-0.05, 0) is 30.5 Å². The first-order chi connectivity index (χ1) is 17.6. The lowest BCUT2D eigenvalue weighted by Gasteiger charge is -2.15. The summed E-state index contributed by atoms with van der Waals surface area (Å²) in [6.45, 7) is 0.905. The van der Waals surface area contributed by atoms with Crippen LogP contribution in [-0.4, -0.2) is 45.6 Å². The highest BCUT2D eigenvalue weighted by Gasteiger charge is 2.66. The van der Waals surface area contributed by atoms with Gasteiger partial charge in [0.25, 0.3) is 0 Å². The molecule has 1 aromatic carbocycles. The molecule has 0 bridgehead atoms. The number of nitrogens with zero attached hydrogens (tertiary/aromatic N) is 4. The SMILES string of the molecule is COCCn1cc(-c2ccc(NC(=O)Nc3cc(C4(C(F)(F)F)CC4)no3)c(F)c2)c2c(N)ncnc21. The zero-order valence-corrected chi connectivity index (χ0v) is 19.4. The molecule has 1 saturated carbocycles. The van der Waals surface area contributed by atoms with E-state index in [1.165, 1.54) is 18.5 Å². The number of carbonyl (C=O) groups excluding carboxylic acids is 1. The average Bonchev–Trinajstić information content (AvgIpc) is 3.41. The number of carbonyl (C=O) groups is 1. The Bertz CT molecular complexity index is 1480. The van der Waals surface area contributed by atoms with Crippen molar-refractivity contribution >= 4 is 34.5 Å². The Kier molecular flexibility index (Phi) is 5.98. The molecule has 2 amide bonds. The van der Waals surface area contributed by atoms with Gasteiger partial charge in [0, 0.05) is 31.5 Å². The van der Waals surface area contributed by atoms with E-state index in [-0.39, 0.29) is 35.9 Å². The number of halogens is 4. The molecule has 5 rings (SSSR count).